The fourth-order valence-corrected chi connectivity index (χ4v) is 3.56. The van der Waals surface area contributed by atoms with Crippen LogP contribution in [-0.4, -0.2) is 40.7 Å². The highest BCUT2D eigenvalue weighted by molar-refractivity contribution is 7.91. The van der Waals surface area contributed by atoms with Crippen LogP contribution in [0.25, 0.3) is 0 Å². The zero-order valence-corrected chi connectivity index (χ0v) is 9.77. The minimum absolute atomic E-state index is 0.0342. The molecule has 88 valence electrons. The number of hydrogen-bond donors (Lipinski definition) is 0. The number of carbonyl (C=O) groups excluding carboxylic acids is 1. The van der Waals surface area contributed by atoms with E-state index in [2.05, 4.69) is 10.3 Å². The van der Waals surface area contributed by atoms with Crippen molar-refractivity contribution in [3.05, 3.63) is 12.4 Å². The molecule has 0 aliphatic carbocycles. The van der Waals surface area contributed by atoms with Crippen LogP contribution in [0.3, 0.4) is 0 Å². The summed E-state index contributed by atoms with van der Waals surface area (Å²) in [5.74, 6) is 0.00620. The van der Waals surface area contributed by atoms with Crippen LogP contribution in [-0.2, 0) is 20.2 Å². The lowest BCUT2D eigenvalue weighted by Gasteiger charge is -2.34. The predicted octanol–water partition coefficient (Wildman–Crippen LogP) is -0.229. The van der Waals surface area contributed by atoms with Crippen molar-refractivity contribution in [1.82, 2.24) is 15.0 Å². The minimum atomic E-state index is -2.99. The standard InChI is InChI=1S/C9H13N3O3S/c1-8(13)9(12-5-4-10-11-12)2-6-16(14,15)7-3-9/h4-5H,2-3,6-7H2,1H3. The third-order valence-electron chi connectivity index (χ3n) is 3.17. The lowest BCUT2D eigenvalue weighted by molar-refractivity contribution is -0.126. The molecule has 0 radical (unpaired) electrons. The molecule has 0 saturated carbocycles. The van der Waals surface area contributed by atoms with Crippen molar-refractivity contribution in [2.24, 2.45) is 0 Å². The highest BCUT2D eigenvalue weighted by Crippen LogP contribution is 2.31. The van der Waals surface area contributed by atoms with E-state index < -0.39 is 15.4 Å². The maximum absolute atomic E-state index is 11.7. The second kappa shape index (κ2) is 3.65. The molecule has 2 heterocycles. The fraction of sp³-hybridized carbons (Fsp3) is 0.667. The zero-order chi connectivity index (χ0) is 11.8. The van der Waals surface area contributed by atoms with Gasteiger partial charge in [-0.2, -0.15) is 0 Å². The SMILES string of the molecule is CC(=O)C1(n2ccnn2)CCS(=O)(=O)CC1. The highest BCUT2D eigenvalue weighted by Gasteiger charge is 2.43. The van der Waals surface area contributed by atoms with E-state index in [1.807, 2.05) is 0 Å². The first-order valence-electron chi connectivity index (χ1n) is 5.05. The van der Waals surface area contributed by atoms with Crippen molar-refractivity contribution in [3.63, 3.8) is 0 Å². The lowest BCUT2D eigenvalue weighted by atomic mass is 9.88. The second-order valence-corrected chi connectivity index (χ2v) is 6.39. The fourth-order valence-electron chi connectivity index (χ4n) is 2.05. The van der Waals surface area contributed by atoms with E-state index in [1.165, 1.54) is 17.8 Å². The van der Waals surface area contributed by atoms with Gasteiger partial charge in [-0.05, 0) is 19.8 Å². The number of sulfone groups is 1. The van der Waals surface area contributed by atoms with Crippen LogP contribution in [0.1, 0.15) is 19.8 Å². The Hall–Kier alpha value is -1.24. The van der Waals surface area contributed by atoms with E-state index in [-0.39, 0.29) is 30.1 Å². The molecule has 0 aromatic carbocycles. The summed E-state index contributed by atoms with van der Waals surface area (Å²) in [6.45, 7) is 1.47. The van der Waals surface area contributed by atoms with E-state index >= 15 is 0 Å². The monoisotopic (exact) mass is 243 g/mol. The van der Waals surface area contributed by atoms with Gasteiger partial charge in [-0.3, -0.25) is 4.79 Å². The molecule has 0 bridgehead atoms. The Morgan fingerprint density at radius 1 is 1.38 bits per heavy atom. The van der Waals surface area contributed by atoms with Crippen molar-refractivity contribution in [1.29, 1.82) is 0 Å². The van der Waals surface area contributed by atoms with Crippen molar-refractivity contribution in [2.45, 2.75) is 25.3 Å². The van der Waals surface area contributed by atoms with Gasteiger partial charge in [0.25, 0.3) is 0 Å². The maximum Gasteiger partial charge on any atom is 0.157 e. The Labute approximate surface area is 93.6 Å². The van der Waals surface area contributed by atoms with Crippen molar-refractivity contribution >= 4 is 15.6 Å². The first-order valence-corrected chi connectivity index (χ1v) is 6.87. The third kappa shape index (κ3) is 1.75. The summed E-state index contributed by atoms with van der Waals surface area (Å²) in [6.07, 6.45) is 3.68. The number of nitrogens with zero attached hydrogens (tertiary/aromatic N) is 3. The second-order valence-electron chi connectivity index (χ2n) is 4.09. The summed E-state index contributed by atoms with van der Waals surface area (Å²) in [7, 11) is -2.99. The van der Waals surface area contributed by atoms with Gasteiger partial charge in [-0.1, -0.05) is 5.21 Å². The minimum Gasteiger partial charge on any atom is -0.297 e. The first kappa shape index (κ1) is 11.3. The largest absolute Gasteiger partial charge is 0.297 e. The molecule has 1 aliphatic rings. The number of aromatic nitrogens is 3. The van der Waals surface area contributed by atoms with Crippen LogP contribution < -0.4 is 0 Å². The molecule has 1 aromatic heterocycles. The Morgan fingerprint density at radius 2 is 2.00 bits per heavy atom. The smallest absolute Gasteiger partial charge is 0.157 e. The number of Topliss-reactive ketones (excluding diaryl/α,β-unsaturated/α-hetero) is 1. The summed E-state index contributed by atoms with van der Waals surface area (Å²) in [5, 5.41) is 7.50. The molecule has 7 heteroatoms. The van der Waals surface area contributed by atoms with Crippen LogP contribution >= 0.6 is 0 Å². The van der Waals surface area contributed by atoms with Gasteiger partial charge in [-0.25, -0.2) is 13.1 Å². The summed E-state index contributed by atoms with van der Waals surface area (Å²) in [4.78, 5) is 11.7. The van der Waals surface area contributed by atoms with Crippen molar-refractivity contribution in [2.75, 3.05) is 11.5 Å². The number of rotatable bonds is 2. The quantitative estimate of drug-likeness (QED) is 0.716. The molecule has 1 fully saturated rings. The van der Waals surface area contributed by atoms with Crippen molar-refractivity contribution < 1.29 is 13.2 Å². The number of ketones is 1. The molecule has 1 aliphatic heterocycles. The molecule has 0 spiro atoms. The van der Waals surface area contributed by atoms with Gasteiger partial charge in [0, 0.05) is 6.20 Å². The highest BCUT2D eigenvalue weighted by atomic mass is 32.2. The molecule has 1 aromatic rings. The summed E-state index contributed by atoms with van der Waals surface area (Å²) < 4.78 is 24.2. The molecule has 0 amide bonds. The van der Waals surface area contributed by atoms with Crippen LogP contribution in [0.2, 0.25) is 0 Å². The average molecular weight is 243 g/mol. The first-order chi connectivity index (χ1) is 7.46. The molecule has 16 heavy (non-hydrogen) atoms. The lowest BCUT2D eigenvalue weighted by Crippen LogP contribution is -2.47. The van der Waals surface area contributed by atoms with Crippen LogP contribution in [0, 0.1) is 0 Å². The van der Waals surface area contributed by atoms with Crippen LogP contribution in [0.4, 0.5) is 0 Å². The van der Waals surface area contributed by atoms with E-state index in [0.717, 1.165) is 0 Å². The molecule has 2 rings (SSSR count). The van der Waals surface area contributed by atoms with E-state index in [4.69, 9.17) is 0 Å². The zero-order valence-electron chi connectivity index (χ0n) is 8.96. The number of carbonyl (C=O) groups is 1. The summed E-state index contributed by atoms with van der Waals surface area (Å²) >= 11 is 0. The predicted molar refractivity (Wildman–Crippen MR) is 56.6 cm³/mol. The molecule has 0 unspecified atom stereocenters. The Kier molecular flexibility index (Phi) is 2.57. The Bertz CT molecular complexity index is 478. The third-order valence-corrected chi connectivity index (χ3v) is 4.82. The average Bonchev–Trinajstić information content (AvgIpc) is 2.71. The molecule has 0 atom stereocenters. The summed E-state index contributed by atoms with van der Waals surface area (Å²) in [6, 6.07) is 0. The van der Waals surface area contributed by atoms with Crippen LogP contribution in [0.5, 0.6) is 0 Å². The molecular formula is C9H13N3O3S. The Morgan fingerprint density at radius 3 is 2.44 bits per heavy atom. The maximum atomic E-state index is 11.7. The molecule has 1 saturated heterocycles. The molecular weight excluding hydrogens is 230 g/mol. The van der Waals surface area contributed by atoms with Crippen LogP contribution in [0.15, 0.2) is 12.4 Å². The normalized spacial score (nSPS) is 22.8. The number of hydrogen-bond acceptors (Lipinski definition) is 5. The van der Waals surface area contributed by atoms with E-state index in [0.29, 0.717) is 0 Å². The van der Waals surface area contributed by atoms with Gasteiger partial charge < -0.3 is 0 Å². The van der Waals surface area contributed by atoms with Gasteiger partial charge >= 0.3 is 0 Å². The van der Waals surface area contributed by atoms with E-state index in [1.54, 1.807) is 6.20 Å². The topological polar surface area (TPSA) is 81.9 Å². The van der Waals surface area contributed by atoms with Gasteiger partial charge in [0.15, 0.2) is 15.6 Å². The molecule has 0 N–H and O–H groups in total. The van der Waals surface area contributed by atoms with Gasteiger partial charge in [-0.15, -0.1) is 5.10 Å². The van der Waals surface area contributed by atoms with Gasteiger partial charge in [0.2, 0.25) is 0 Å². The molecule has 6 nitrogen and oxygen atoms in total. The Balaban J connectivity index is 2.37. The van der Waals surface area contributed by atoms with Gasteiger partial charge in [0.1, 0.15) is 5.54 Å². The van der Waals surface area contributed by atoms with Gasteiger partial charge in [0.05, 0.1) is 17.7 Å². The van der Waals surface area contributed by atoms with E-state index in [9.17, 15) is 13.2 Å². The summed E-state index contributed by atoms with van der Waals surface area (Å²) in [5.41, 5.74) is -0.818. The van der Waals surface area contributed by atoms with Crippen molar-refractivity contribution in [3.8, 4) is 0 Å².